The molecule has 0 radical (unpaired) electrons. The van der Waals surface area contributed by atoms with Gasteiger partial charge in [-0.1, -0.05) is 0 Å². The molecule has 0 unspecified atom stereocenters. The summed E-state index contributed by atoms with van der Waals surface area (Å²) < 4.78 is 1.71. The second kappa shape index (κ2) is 7.39. The molecule has 1 aliphatic rings. The number of carbonyl (C=O) groups excluding carboxylic acids is 1. The summed E-state index contributed by atoms with van der Waals surface area (Å²) in [6.07, 6.45) is 6.77. The van der Waals surface area contributed by atoms with Crippen LogP contribution < -0.4 is 15.5 Å². The van der Waals surface area contributed by atoms with Crippen LogP contribution in [0.5, 0.6) is 0 Å². The Morgan fingerprint density at radius 1 is 1.42 bits per heavy atom. The van der Waals surface area contributed by atoms with Crippen molar-refractivity contribution in [2.24, 2.45) is 7.05 Å². The Balaban J connectivity index is 1.61. The average Bonchev–Trinajstić information content (AvgIpc) is 3.00. The smallest absolute Gasteiger partial charge is 0.234 e. The van der Waals surface area contributed by atoms with Gasteiger partial charge < -0.3 is 15.5 Å². The number of amides is 1. The van der Waals surface area contributed by atoms with Crippen molar-refractivity contribution in [3.05, 3.63) is 24.7 Å². The molecule has 9 nitrogen and oxygen atoms in total. The first-order chi connectivity index (χ1) is 12.5. The van der Waals surface area contributed by atoms with E-state index in [9.17, 15) is 4.79 Å². The maximum atomic E-state index is 11.7. The van der Waals surface area contributed by atoms with Crippen molar-refractivity contribution in [2.45, 2.75) is 31.7 Å². The highest BCUT2D eigenvalue weighted by Crippen LogP contribution is 2.25. The Hall–Kier alpha value is -3.15. The highest BCUT2D eigenvalue weighted by atomic mass is 16.1. The zero-order valence-corrected chi connectivity index (χ0v) is 14.9. The van der Waals surface area contributed by atoms with Gasteiger partial charge in [-0.05, 0) is 25.8 Å². The van der Waals surface area contributed by atoms with Crippen molar-refractivity contribution in [1.82, 2.24) is 25.1 Å². The molecule has 1 saturated heterocycles. The molecule has 2 aromatic heterocycles. The average molecular weight is 354 g/mol. The number of carbonyl (C=O) groups is 1. The van der Waals surface area contributed by atoms with E-state index in [4.69, 9.17) is 5.26 Å². The van der Waals surface area contributed by atoms with Crippen molar-refractivity contribution in [2.75, 3.05) is 23.3 Å². The molecule has 9 heteroatoms. The number of hydrogen-bond acceptors (Lipinski definition) is 7. The lowest BCUT2D eigenvalue weighted by molar-refractivity contribution is -0.122. The van der Waals surface area contributed by atoms with Crippen LogP contribution in [-0.4, -0.2) is 44.3 Å². The molecule has 1 amide bonds. The van der Waals surface area contributed by atoms with Crippen LogP contribution in [0.4, 0.5) is 17.5 Å². The fourth-order valence-electron chi connectivity index (χ4n) is 3.01. The first-order valence-corrected chi connectivity index (χ1v) is 8.49. The summed E-state index contributed by atoms with van der Waals surface area (Å²) in [5.74, 6) is 1.15. The molecule has 1 fully saturated rings. The summed E-state index contributed by atoms with van der Waals surface area (Å²) in [4.78, 5) is 22.7. The number of piperidine rings is 1. The molecule has 3 heterocycles. The minimum Gasteiger partial charge on any atom is -0.356 e. The SMILES string of the molecule is Cn1cc(Nc2nccc(N3CCC(C)(NC(=O)CC#N)CC3)n2)cn1. The predicted octanol–water partition coefficient (Wildman–Crippen LogP) is 1.34. The molecule has 136 valence electrons. The summed E-state index contributed by atoms with van der Waals surface area (Å²) in [5.41, 5.74) is 0.546. The summed E-state index contributed by atoms with van der Waals surface area (Å²) in [5, 5.41) is 18.9. The Labute approximate surface area is 152 Å². The van der Waals surface area contributed by atoms with E-state index < -0.39 is 0 Å². The van der Waals surface area contributed by atoms with Crippen LogP contribution in [0.15, 0.2) is 24.7 Å². The summed E-state index contributed by atoms with van der Waals surface area (Å²) in [6.45, 7) is 3.56. The van der Waals surface area contributed by atoms with Gasteiger partial charge in [0.05, 0.1) is 18.0 Å². The molecule has 0 atom stereocenters. The Bertz CT molecular complexity index is 816. The molecule has 0 spiro atoms. The van der Waals surface area contributed by atoms with Gasteiger partial charge in [-0.15, -0.1) is 0 Å². The standard InChI is InChI=1S/C17H22N8O/c1-17(23-15(26)3-7-18)5-9-25(10-6-17)14-4-8-19-16(22-14)21-13-11-20-24(2)12-13/h4,8,11-12H,3,5-6,9-10H2,1-2H3,(H,23,26)(H,19,21,22). The molecule has 0 aliphatic carbocycles. The molecule has 2 aromatic rings. The molecule has 2 N–H and O–H groups in total. The minimum atomic E-state index is -0.283. The van der Waals surface area contributed by atoms with Crippen LogP contribution in [0.2, 0.25) is 0 Å². The van der Waals surface area contributed by atoms with Crippen LogP contribution in [0.1, 0.15) is 26.2 Å². The molecule has 26 heavy (non-hydrogen) atoms. The number of aryl methyl sites for hydroxylation is 1. The molecule has 0 saturated carbocycles. The summed E-state index contributed by atoms with van der Waals surface area (Å²) in [6, 6.07) is 3.76. The maximum absolute atomic E-state index is 11.7. The van der Waals surface area contributed by atoms with Gasteiger partial charge in [0.25, 0.3) is 0 Å². The second-order valence-electron chi connectivity index (χ2n) is 6.70. The quantitative estimate of drug-likeness (QED) is 0.833. The Morgan fingerprint density at radius 2 is 2.19 bits per heavy atom. The molecular weight excluding hydrogens is 332 g/mol. The number of nitrogens with one attached hydrogen (secondary N) is 2. The molecule has 0 bridgehead atoms. The van der Waals surface area contributed by atoms with Crippen molar-refractivity contribution < 1.29 is 4.79 Å². The first kappa shape index (κ1) is 17.7. The lowest BCUT2D eigenvalue weighted by Crippen LogP contribution is -2.53. The number of hydrogen-bond donors (Lipinski definition) is 2. The zero-order chi connectivity index (χ0) is 18.6. The number of aromatic nitrogens is 4. The van der Waals surface area contributed by atoms with Gasteiger partial charge in [0.1, 0.15) is 12.2 Å². The van der Waals surface area contributed by atoms with E-state index >= 15 is 0 Å². The topological polar surface area (TPSA) is 112 Å². The highest BCUT2D eigenvalue weighted by molar-refractivity contribution is 5.78. The van der Waals surface area contributed by atoms with Crippen molar-refractivity contribution in [3.8, 4) is 6.07 Å². The van der Waals surface area contributed by atoms with Gasteiger partial charge in [-0.2, -0.15) is 15.3 Å². The monoisotopic (exact) mass is 354 g/mol. The number of rotatable bonds is 5. The van der Waals surface area contributed by atoms with E-state index in [2.05, 4.69) is 30.6 Å². The van der Waals surface area contributed by atoms with E-state index in [0.717, 1.165) is 37.4 Å². The number of nitrogens with zero attached hydrogens (tertiary/aromatic N) is 6. The number of nitriles is 1. The van der Waals surface area contributed by atoms with E-state index in [1.165, 1.54) is 0 Å². The van der Waals surface area contributed by atoms with Gasteiger partial charge in [0, 0.05) is 38.1 Å². The molecule has 3 rings (SSSR count). The summed E-state index contributed by atoms with van der Waals surface area (Å²) in [7, 11) is 1.85. The summed E-state index contributed by atoms with van der Waals surface area (Å²) >= 11 is 0. The van der Waals surface area contributed by atoms with Crippen LogP contribution in [0.25, 0.3) is 0 Å². The van der Waals surface area contributed by atoms with Crippen molar-refractivity contribution in [1.29, 1.82) is 5.26 Å². The van der Waals surface area contributed by atoms with Gasteiger partial charge in [0.15, 0.2) is 0 Å². The van der Waals surface area contributed by atoms with Gasteiger partial charge in [0.2, 0.25) is 11.9 Å². The van der Waals surface area contributed by atoms with Crippen molar-refractivity contribution in [3.63, 3.8) is 0 Å². The van der Waals surface area contributed by atoms with E-state index in [1.807, 2.05) is 32.3 Å². The van der Waals surface area contributed by atoms with E-state index in [-0.39, 0.29) is 17.9 Å². The fraction of sp³-hybridized carbons (Fsp3) is 0.471. The largest absolute Gasteiger partial charge is 0.356 e. The fourth-order valence-corrected chi connectivity index (χ4v) is 3.01. The Kier molecular flexibility index (Phi) is 5.02. The lowest BCUT2D eigenvalue weighted by Gasteiger charge is -2.40. The van der Waals surface area contributed by atoms with Crippen LogP contribution in [-0.2, 0) is 11.8 Å². The van der Waals surface area contributed by atoms with Crippen LogP contribution in [0.3, 0.4) is 0 Å². The van der Waals surface area contributed by atoms with E-state index in [0.29, 0.717) is 5.95 Å². The minimum absolute atomic E-state index is 0.103. The molecule has 1 aliphatic heterocycles. The van der Waals surface area contributed by atoms with Crippen LogP contribution >= 0.6 is 0 Å². The normalized spacial score (nSPS) is 16.0. The maximum Gasteiger partial charge on any atom is 0.234 e. The van der Waals surface area contributed by atoms with E-state index in [1.54, 1.807) is 17.1 Å². The zero-order valence-electron chi connectivity index (χ0n) is 14.9. The van der Waals surface area contributed by atoms with Gasteiger partial charge in [-0.3, -0.25) is 9.48 Å². The van der Waals surface area contributed by atoms with Gasteiger partial charge >= 0.3 is 0 Å². The number of anilines is 3. The molecular formula is C17H22N8O. The third kappa shape index (κ3) is 4.27. The van der Waals surface area contributed by atoms with Gasteiger partial charge in [-0.25, -0.2) is 4.98 Å². The van der Waals surface area contributed by atoms with Crippen LogP contribution in [0, 0.1) is 11.3 Å². The predicted molar refractivity (Wildman–Crippen MR) is 96.7 cm³/mol. The molecule has 0 aromatic carbocycles. The lowest BCUT2D eigenvalue weighted by atomic mass is 9.89. The third-order valence-electron chi connectivity index (χ3n) is 4.47. The second-order valence-corrected chi connectivity index (χ2v) is 6.70. The first-order valence-electron chi connectivity index (χ1n) is 8.49. The highest BCUT2D eigenvalue weighted by Gasteiger charge is 2.31. The third-order valence-corrected chi connectivity index (χ3v) is 4.47. The Morgan fingerprint density at radius 3 is 2.85 bits per heavy atom. The van der Waals surface area contributed by atoms with Crippen molar-refractivity contribution >= 4 is 23.4 Å².